The molecule has 0 fully saturated rings. The highest BCUT2D eigenvalue weighted by molar-refractivity contribution is 7.77. The molecule has 2 N–H and O–H groups in total. The second-order valence-electron chi connectivity index (χ2n) is 7.38. The van der Waals surface area contributed by atoms with Crippen LogP contribution in [0.2, 0.25) is 0 Å². The summed E-state index contributed by atoms with van der Waals surface area (Å²) in [7, 11) is -6.06. The van der Waals surface area contributed by atoms with Crippen LogP contribution in [0.15, 0.2) is 121 Å². The Kier molecular flexibility index (Phi) is 7.19. The Hall–Kier alpha value is -2.74. The van der Waals surface area contributed by atoms with Gasteiger partial charge in [0.2, 0.25) is 14.6 Å². The van der Waals surface area contributed by atoms with E-state index in [0.717, 1.165) is 21.2 Å². The van der Waals surface area contributed by atoms with Crippen LogP contribution in [0.4, 0.5) is 0 Å². The number of benzene rings is 4. The molecule has 0 aliphatic heterocycles. The molecule has 0 heterocycles. The van der Waals surface area contributed by atoms with Crippen LogP contribution >= 0.6 is 14.6 Å². The molecular formula is C26H26N2O2P2. The van der Waals surface area contributed by atoms with E-state index in [2.05, 4.69) is 10.2 Å². The van der Waals surface area contributed by atoms with Gasteiger partial charge in [-0.15, -0.1) is 0 Å². The normalized spacial score (nSPS) is 11.9. The van der Waals surface area contributed by atoms with Crippen molar-refractivity contribution in [3.63, 3.8) is 0 Å². The van der Waals surface area contributed by atoms with Crippen LogP contribution < -0.4 is 31.4 Å². The van der Waals surface area contributed by atoms with Crippen LogP contribution in [0, 0.1) is 0 Å². The molecule has 0 aromatic heterocycles. The molecule has 4 nitrogen and oxygen atoms in total. The van der Waals surface area contributed by atoms with Crippen LogP contribution in [0.5, 0.6) is 0 Å². The first-order chi connectivity index (χ1) is 15.6. The minimum Gasteiger partial charge on any atom is -0.297 e. The number of hydrogen-bond acceptors (Lipinski definition) is 2. The van der Waals surface area contributed by atoms with Gasteiger partial charge in [-0.25, -0.2) is 0 Å². The van der Waals surface area contributed by atoms with Gasteiger partial charge in [-0.1, -0.05) is 72.8 Å². The predicted octanol–water partition coefficient (Wildman–Crippen LogP) is 4.02. The first kappa shape index (κ1) is 22.5. The van der Waals surface area contributed by atoms with Crippen LogP contribution in [0.25, 0.3) is 0 Å². The lowest BCUT2D eigenvalue weighted by Gasteiger charge is -2.23. The zero-order chi connectivity index (χ0) is 22.3. The van der Waals surface area contributed by atoms with Crippen LogP contribution in [-0.4, -0.2) is 13.1 Å². The number of hydrogen-bond donors (Lipinski definition) is 2. The third-order valence-corrected chi connectivity index (χ3v) is 10.7. The summed E-state index contributed by atoms with van der Waals surface area (Å²) < 4.78 is 28.1. The van der Waals surface area contributed by atoms with Crippen molar-refractivity contribution in [2.45, 2.75) is 0 Å². The molecule has 0 bridgehead atoms. The van der Waals surface area contributed by atoms with Gasteiger partial charge >= 0.3 is 0 Å². The van der Waals surface area contributed by atoms with E-state index in [0.29, 0.717) is 13.1 Å². The van der Waals surface area contributed by atoms with Crippen molar-refractivity contribution in [3.8, 4) is 0 Å². The van der Waals surface area contributed by atoms with E-state index >= 15 is 0 Å². The first-order valence-corrected chi connectivity index (χ1v) is 14.0. The number of nitrogens with one attached hydrogen (secondary N) is 2. The Morgan fingerprint density at radius 3 is 0.844 bits per heavy atom. The molecule has 4 aromatic rings. The van der Waals surface area contributed by atoms with E-state index in [1.54, 1.807) is 0 Å². The summed E-state index contributed by atoms with van der Waals surface area (Å²) in [6.45, 7) is 0.787. The minimum absolute atomic E-state index is 0.394. The molecule has 0 radical (unpaired) electrons. The third-order valence-electron chi connectivity index (χ3n) is 5.27. The Morgan fingerprint density at radius 2 is 0.625 bits per heavy atom. The fourth-order valence-corrected chi connectivity index (χ4v) is 8.19. The molecule has 162 valence electrons. The summed E-state index contributed by atoms with van der Waals surface area (Å²) in [5, 5.41) is 9.55. The van der Waals surface area contributed by atoms with Crippen LogP contribution in [0.1, 0.15) is 0 Å². The highest BCUT2D eigenvalue weighted by Gasteiger charge is 2.29. The molecule has 0 saturated carbocycles. The molecule has 4 aromatic carbocycles. The monoisotopic (exact) mass is 460 g/mol. The van der Waals surface area contributed by atoms with Gasteiger partial charge in [0.15, 0.2) is 0 Å². The summed E-state index contributed by atoms with van der Waals surface area (Å²) in [5.74, 6) is 0. The fourth-order valence-electron chi connectivity index (χ4n) is 3.64. The van der Waals surface area contributed by atoms with Crippen molar-refractivity contribution >= 4 is 35.8 Å². The summed E-state index contributed by atoms with van der Waals surface area (Å²) in [5.41, 5.74) is 0. The second kappa shape index (κ2) is 10.3. The quantitative estimate of drug-likeness (QED) is 0.293. The summed E-state index contributed by atoms with van der Waals surface area (Å²) >= 11 is 0. The highest BCUT2D eigenvalue weighted by Crippen LogP contribution is 2.40. The Labute approximate surface area is 189 Å². The van der Waals surface area contributed by atoms with Gasteiger partial charge in [-0.3, -0.25) is 19.3 Å². The molecule has 0 amide bonds. The largest absolute Gasteiger partial charge is 0.297 e. The SMILES string of the molecule is O=P(NCCNP(=O)(c1ccccc1)c1ccccc1)(c1ccccc1)c1ccccc1. The van der Waals surface area contributed by atoms with Crippen molar-refractivity contribution in [2.75, 3.05) is 13.1 Å². The maximum Gasteiger partial charge on any atom is 0.204 e. The van der Waals surface area contributed by atoms with E-state index < -0.39 is 14.6 Å². The molecule has 0 aliphatic rings. The fraction of sp³-hybridized carbons (Fsp3) is 0.0769. The van der Waals surface area contributed by atoms with Crippen LogP contribution in [0.3, 0.4) is 0 Å². The Balaban J connectivity index is 1.55. The van der Waals surface area contributed by atoms with Gasteiger partial charge < -0.3 is 0 Å². The maximum absolute atomic E-state index is 14.1. The molecule has 4 rings (SSSR count). The zero-order valence-electron chi connectivity index (χ0n) is 17.7. The van der Waals surface area contributed by atoms with Gasteiger partial charge in [0, 0.05) is 34.3 Å². The smallest absolute Gasteiger partial charge is 0.204 e. The minimum atomic E-state index is -3.03. The Morgan fingerprint density at radius 1 is 0.406 bits per heavy atom. The van der Waals surface area contributed by atoms with Crippen molar-refractivity contribution in [3.05, 3.63) is 121 Å². The van der Waals surface area contributed by atoms with Gasteiger partial charge in [-0.05, 0) is 48.5 Å². The van der Waals surface area contributed by atoms with Crippen molar-refractivity contribution in [2.24, 2.45) is 0 Å². The number of rotatable bonds is 9. The molecule has 0 saturated heterocycles. The molecular weight excluding hydrogens is 434 g/mol. The van der Waals surface area contributed by atoms with E-state index in [1.807, 2.05) is 121 Å². The van der Waals surface area contributed by atoms with E-state index in [1.165, 1.54) is 0 Å². The highest BCUT2D eigenvalue weighted by atomic mass is 31.2. The predicted molar refractivity (Wildman–Crippen MR) is 136 cm³/mol. The van der Waals surface area contributed by atoms with Crippen molar-refractivity contribution < 1.29 is 9.13 Å². The van der Waals surface area contributed by atoms with Crippen LogP contribution in [-0.2, 0) is 9.13 Å². The topological polar surface area (TPSA) is 58.2 Å². The second-order valence-corrected chi connectivity index (χ2v) is 12.5. The van der Waals surface area contributed by atoms with E-state index in [-0.39, 0.29) is 0 Å². The summed E-state index contributed by atoms with van der Waals surface area (Å²) in [4.78, 5) is 0. The average molecular weight is 460 g/mol. The van der Waals surface area contributed by atoms with E-state index in [4.69, 9.17) is 0 Å². The molecule has 0 aliphatic carbocycles. The van der Waals surface area contributed by atoms with Gasteiger partial charge in [0.05, 0.1) is 0 Å². The lowest BCUT2D eigenvalue weighted by molar-refractivity contribution is 0.571. The summed E-state index contributed by atoms with van der Waals surface area (Å²) in [6, 6.07) is 37.8. The van der Waals surface area contributed by atoms with Crippen molar-refractivity contribution in [1.29, 1.82) is 0 Å². The van der Waals surface area contributed by atoms with Gasteiger partial charge in [0.1, 0.15) is 0 Å². The molecule has 32 heavy (non-hydrogen) atoms. The first-order valence-electron chi connectivity index (χ1n) is 10.6. The lowest BCUT2D eigenvalue weighted by Crippen LogP contribution is -2.35. The maximum atomic E-state index is 14.1. The van der Waals surface area contributed by atoms with Gasteiger partial charge in [0.25, 0.3) is 0 Å². The molecule has 6 heteroatoms. The van der Waals surface area contributed by atoms with Gasteiger partial charge in [-0.2, -0.15) is 0 Å². The average Bonchev–Trinajstić information content (AvgIpc) is 2.88. The Bertz CT molecular complexity index is 1030. The molecule has 0 unspecified atom stereocenters. The molecule has 0 atom stereocenters. The zero-order valence-corrected chi connectivity index (χ0v) is 19.5. The summed E-state index contributed by atoms with van der Waals surface area (Å²) in [6.07, 6.45) is 0. The lowest BCUT2D eigenvalue weighted by atomic mass is 10.4. The van der Waals surface area contributed by atoms with E-state index in [9.17, 15) is 9.13 Å². The van der Waals surface area contributed by atoms with Crippen molar-refractivity contribution in [1.82, 2.24) is 10.2 Å². The molecule has 0 spiro atoms. The standard InChI is InChI=1S/C26H26N2O2P2/c29-31(23-13-5-1-6-14-23,24-15-7-2-8-16-24)27-21-22-28-32(30,25-17-9-3-10-18-25)26-19-11-4-12-20-26/h1-20H,21-22H2,(H,27,29)(H,28,30). The third kappa shape index (κ3) is 4.85.